The van der Waals surface area contributed by atoms with Crippen molar-refractivity contribution in [1.82, 2.24) is 4.98 Å². The van der Waals surface area contributed by atoms with Crippen LogP contribution in [-0.2, 0) is 5.54 Å². The van der Waals surface area contributed by atoms with Gasteiger partial charge in [-0.15, -0.1) is 0 Å². The second-order valence-corrected chi connectivity index (χ2v) is 7.17. The highest BCUT2D eigenvalue weighted by Gasteiger charge is 2.60. The number of nitrogens with two attached hydrogens (primary N) is 1. The summed E-state index contributed by atoms with van der Waals surface area (Å²) < 4.78 is 87.8. The smallest absolute Gasteiger partial charge is 0.313 e. The zero-order valence-corrected chi connectivity index (χ0v) is 15.6. The number of halogens is 6. The summed E-state index contributed by atoms with van der Waals surface area (Å²) in [6.07, 6.45) is -3.68. The van der Waals surface area contributed by atoms with Crippen LogP contribution in [0.5, 0.6) is 0 Å². The van der Waals surface area contributed by atoms with Crippen LogP contribution in [0.15, 0.2) is 33.9 Å². The third-order valence-corrected chi connectivity index (χ3v) is 4.83. The molecule has 1 aromatic carbocycles. The molecule has 162 valence electrons. The number of hydrogen-bond acceptors (Lipinski definition) is 5. The molecule has 0 spiro atoms. The second kappa shape index (κ2) is 7.03. The van der Waals surface area contributed by atoms with Gasteiger partial charge in [0.25, 0.3) is 17.7 Å². The van der Waals surface area contributed by atoms with E-state index >= 15 is 0 Å². The Morgan fingerprint density at radius 3 is 2.53 bits per heavy atom. The quantitative estimate of drug-likeness (QED) is 0.700. The number of nitrogens with one attached hydrogen (secondary N) is 1. The highest BCUT2D eigenvalue weighted by Crippen LogP contribution is 2.50. The first kappa shape index (κ1) is 21.7. The maximum absolute atomic E-state index is 14.8. The summed E-state index contributed by atoms with van der Waals surface area (Å²) in [7, 11) is 0. The first-order chi connectivity index (χ1) is 13.8. The first-order valence-corrected chi connectivity index (χ1v) is 8.54. The van der Waals surface area contributed by atoms with Gasteiger partial charge in [0.1, 0.15) is 17.9 Å². The molecule has 6 nitrogen and oxygen atoms in total. The van der Waals surface area contributed by atoms with Crippen LogP contribution >= 0.6 is 0 Å². The van der Waals surface area contributed by atoms with Gasteiger partial charge >= 0.3 is 6.43 Å². The Balaban J connectivity index is 1.97. The molecular formula is C18H16F6N4O2. The average Bonchev–Trinajstić information content (AvgIpc) is 3.11. The minimum atomic E-state index is -3.82. The molecule has 1 aliphatic heterocycles. The van der Waals surface area contributed by atoms with Crippen molar-refractivity contribution in [2.24, 2.45) is 10.7 Å². The van der Waals surface area contributed by atoms with Gasteiger partial charge in [-0.05, 0) is 32.0 Å². The molecule has 12 heteroatoms. The lowest BCUT2D eigenvalue weighted by atomic mass is 9.77. The van der Waals surface area contributed by atoms with Crippen LogP contribution in [0.1, 0.15) is 48.6 Å². The van der Waals surface area contributed by atoms with E-state index in [9.17, 15) is 31.1 Å². The fraction of sp³-hybridized carbons (Fsp3) is 0.389. The monoisotopic (exact) mass is 434 g/mol. The summed E-state index contributed by atoms with van der Waals surface area (Å²) in [5.41, 5.74) is -0.942. The fourth-order valence-electron chi connectivity index (χ4n) is 3.04. The molecule has 2 heterocycles. The number of carbonyl (C=O) groups excluding carboxylic acids is 1. The lowest BCUT2D eigenvalue weighted by Gasteiger charge is -2.42. The number of rotatable bonds is 4. The van der Waals surface area contributed by atoms with Crippen LogP contribution in [0.4, 0.5) is 32.0 Å². The predicted molar refractivity (Wildman–Crippen MR) is 93.9 cm³/mol. The molecule has 2 aromatic rings. The number of nitrogens with zero attached hydrogens (tertiary/aromatic N) is 2. The number of hydrogen-bond donors (Lipinski definition) is 2. The summed E-state index contributed by atoms with van der Waals surface area (Å²) in [5.74, 6) is -7.60. The molecule has 30 heavy (non-hydrogen) atoms. The highest BCUT2D eigenvalue weighted by atomic mass is 19.3. The van der Waals surface area contributed by atoms with E-state index < -0.39 is 64.7 Å². The number of anilines is 1. The molecule has 0 bridgehead atoms. The summed E-state index contributed by atoms with van der Waals surface area (Å²) in [4.78, 5) is 19.0. The standard InChI is InChI=1S/C18H16F6N4O2/c1-16(22)7-18(23,24)17(2,28-15(16)25)9-5-8(3-4-10(9)19)26-13(29)11-6-30-14(27-11)12(20)21/h3-6,12H,7H2,1-2H3,(H2,25,28)(H,26,29)/t16-,17-/m1/s1. The van der Waals surface area contributed by atoms with Gasteiger partial charge in [0.05, 0.1) is 6.42 Å². The number of amides is 1. The van der Waals surface area contributed by atoms with Gasteiger partial charge < -0.3 is 15.5 Å². The number of aromatic nitrogens is 1. The van der Waals surface area contributed by atoms with Crippen molar-refractivity contribution in [3.05, 3.63) is 47.4 Å². The van der Waals surface area contributed by atoms with Crippen LogP contribution < -0.4 is 11.1 Å². The Morgan fingerprint density at radius 2 is 1.93 bits per heavy atom. The van der Waals surface area contributed by atoms with Crippen molar-refractivity contribution in [2.75, 3.05) is 5.32 Å². The predicted octanol–water partition coefficient (Wildman–Crippen LogP) is 4.34. The molecule has 0 unspecified atom stereocenters. The Morgan fingerprint density at radius 1 is 1.27 bits per heavy atom. The normalized spacial score (nSPS) is 25.8. The van der Waals surface area contributed by atoms with Gasteiger partial charge in [0, 0.05) is 11.3 Å². The number of oxazole rings is 1. The number of amidine groups is 1. The molecule has 3 N–H and O–H groups in total. The van der Waals surface area contributed by atoms with Crippen molar-refractivity contribution < 1.29 is 35.6 Å². The van der Waals surface area contributed by atoms with Crippen molar-refractivity contribution in [3.8, 4) is 0 Å². The SMILES string of the molecule is C[C@@]1(F)CC(F)(F)[C@@](C)(c2cc(NC(=O)c3coc(C(F)F)n3)ccc2F)N=C1N. The zero-order chi connectivity index (χ0) is 22.5. The maximum Gasteiger partial charge on any atom is 0.313 e. The lowest BCUT2D eigenvalue weighted by molar-refractivity contribution is -0.106. The van der Waals surface area contributed by atoms with E-state index in [1.54, 1.807) is 0 Å². The number of benzene rings is 1. The van der Waals surface area contributed by atoms with Crippen LogP contribution in [0.25, 0.3) is 0 Å². The summed E-state index contributed by atoms with van der Waals surface area (Å²) in [6.45, 7) is 1.74. The van der Waals surface area contributed by atoms with Gasteiger partial charge in [-0.3, -0.25) is 9.79 Å². The van der Waals surface area contributed by atoms with E-state index in [1.165, 1.54) is 0 Å². The molecular weight excluding hydrogens is 418 g/mol. The van der Waals surface area contributed by atoms with Crippen LogP contribution in [-0.4, -0.2) is 28.3 Å². The molecule has 1 aliphatic rings. The average molecular weight is 434 g/mol. The van der Waals surface area contributed by atoms with Crippen molar-refractivity contribution in [3.63, 3.8) is 0 Å². The zero-order valence-electron chi connectivity index (χ0n) is 15.6. The Bertz CT molecular complexity index is 1020. The Labute approximate surface area is 166 Å². The molecule has 1 amide bonds. The second-order valence-electron chi connectivity index (χ2n) is 7.17. The maximum atomic E-state index is 14.8. The molecule has 2 atom stereocenters. The van der Waals surface area contributed by atoms with E-state index in [0.29, 0.717) is 6.26 Å². The van der Waals surface area contributed by atoms with Gasteiger partial charge in [-0.25, -0.2) is 22.5 Å². The van der Waals surface area contributed by atoms with Crippen LogP contribution in [0, 0.1) is 5.82 Å². The fourth-order valence-corrected chi connectivity index (χ4v) is 3.04. The van der Waals surface area contributed by atoms with Gasteiger partial charge in [-0.1, -0.05) is 0 Å². The molecule has 0 aliphatic carbocycles. The third-order valence-electron chi connectivity index (χ3n) is 4.83. The van der Waals surface area contributed by atoms with E-state index in [2.05, 4.69) is 19.7 Å². The molecule has 3 rings (SSSR count). The van der Waals surface area contributed by atoms with Crippen molar-refractivity contribution in [2.45, 2.75) is 43.8 Å². The molecule has 0 radical (unpaired) electrons. The number of aliphatic imine (C=N–C) groups is 1. The summed E-state index contributed by atoms with van der Waals surface area (Å²) >= 11 is 0. The Kier molecular flexibility index (Phi) is 5.07. The summed E-state index contributed by atoms with van der Waals surface area (Å²) in [5, 5.41) is 2.22. The Hall–Kier alpha value is -3.05. The van der Waals surface area contributed by atoms with Gasteiger partial charge in [0.15, 0.2) is 16.9 Å². The molecule has 0 saturated heterocycles. The van der Waals surface area contributed by atoms with E-state index in [1.807, 2.05) is 0 Å². The molecule has 0 fully saturated rings. The van der Waals surface area contributed by atoms with E-state index in [-0.39, 0.29) is 5.69 Å². The third kappa shape index (κ3) is 3.61. The van der Waals surface area contributed by atoms with Crippen molar-refractivity contribution in [1.29, 1.82) is 0 Å². The minimum absolute atomic E-state index is 0.155. The van der Waals surface area contributed by atoms with Gasteiger partial charge in [0.2, 0.25) is 0 Å². The van der Waals surface area contributed by atoms with Gasteiger partial charge in [-0.2, -0.15) is 8.78 Å². The summed E-state index contributed by atoms with van der Waals surface area (Å²) in [6, 6.07) is 2.74. The largest absolute Gasteiger partial charge is 0.443 e. The lowest BCUT2D eigenvalue weighted by Crippen LogP contribution is -2.56. The van der Waals surface area contributed by atoms with Crippen molar-refractivity contribution >= 4 is 17.4 Å². The van der Waals surface area contributed by atoms with Crippen LogP contribution in [0.2, 0.25) is 0 Å². The molecule has 0 saturated carbocycles. The minimum Gasteiger partial charge on any atom is -0.443 e. The molecule has 1 aromatic heterocycles. The van der Waals surface area contributed by atoms with E-state index in [0.717, 1.165) is 32.0 Å². The number of alkyl halides is 5. The topological polar surface area (TPSA) is 93.5 Å². The number of carbonyl (C=O) groups is 1. The van der Waals surface area contributed by atoms with Crippen LogP contribution in [0.3, 0.4) is 0 Å². The highest BCUT2D eigenvalue weighted by molar-refractivity contribution is 6.02. The van der Waals surface area contributed by atoms with E-state index in [4.69, 9.17) is 5.73 Å². The first-order valence-electron chi connectivity index (χ1n) is 8.54.